The van der Waals surface area contributed by atoms with Crippen LogP contribution in [0, 0.1) is 0 Å². The number of nitrogens with one attached hydrogen (secondary N) is 1. The number of rotatable bonds is 8. The van der Waals surface area contributed by atoms with Gasteiger partial charge in [-0.15, -0.1) is 0 Å². The molecule has 0 heterocycles. The zero-order chi connectivity index (χ0) is 15.9. The third kappa shape index (κ3) is 5.05. The molecule has 1 rings (SSSR count). The largest absolute Gasteiger partial charge is 0.496 e. The molecule has 1 atom stereocenters. The van der Waals surface area contributed by atoms with E-state index in [2.05, 4.69) is 5.32 Å². The lowest BCUT2D eigenvalue weighted by molar-refractivity contribution is -0.122. The highest BCUT2D eigenvalue weighted by Crippen LogP contribution is 2.28. The minimum absolute atomic E-state index is 0.0475. The maximum atomic E-state index is 12.0. The predicted octanol–water partition coefficient (Wildman–Crippen LogP) is 2.86. The molecule has 0 aliphatic rings. The molecule has 21 heavy (non-hydrogen) atoms. The zero-order valence-electron chi connectivity index (χ0n) is 13.5. The van der Waals surface area contributed by atoms with Crippen molar-refractivity contribution in [2.24, 2.45) is 0 Å². The highest BCUT2D eigenvalue weighted by molar-refractivity contribution is 5.77. The number of ether oxygens (including phenoxy) is 1. The molecule has 1 amide bonds. The first-order chi connectivity index (χ1) is 9.95. The fourth-order valence-corrected chi connectivity index (χ4v) is 2.30. The third-order valence-electron chi connectivity index (χ3n) is 4.09. The maximum absolute atomic E-state index is 12.0. The van der Waals surface area contributed by atoms with Crippen molar-refractivity contribution in [1.82, 2.24) is 5.32 Å². The molecule has 2 N–H and O–H groups in total. The molecule has 0 aromatic heterocycles. The van der Waals surface area contributed by atoms with E-state index in [0.717, 1.165) is 11.3 Å². The molecule has 0 aliphatic carbocycles. The average Bonchev–Trinajstić information content (AvgIpc) is 2.52. The fraction of sp³-hybridized carbons (Fsp3) is 0.588. The van der Waals surface area contributed by atoms with Gasteiger partial charge in [0.2, 0.25) is 5.91 Å². The molecule has 1 aromatic carbocycles. The number of aliphatic hydroxyl groups is 1. The molecule has 0 spiro atoms. The van der Waals surface area contributed by atoms with Crippen LogP contribution in [-0.2, 0) is 4.79 Å². The standard InChI is InChI=1S/C17H27NO3/c1-5-17(20,6-2)12-18-16(19)11-13(3)14-9-7-8-10-15(14)21-4/h7-10,13,20H,5-6,11-12H2,1-4H3,(H,18,19). The molecule has 4 heteroatoms. The number of benzene rings is 1. The second-order valence-electron chi connectivity index (χ2n) is 5.56. The summed E-state index contributed by atoms with van der Waals surface area (Å²) in [5, 5.41) is 13.0. The SMILES string of the molecule is CCC(O)(CC)CNC(=O)CC(C)c1ccccc1OC. The summed E-state index contributed by atoms with van der Waals surface area (Å²) < 4.78 is 5.33. The van der Waals surface area contributed by atoms with Crippen molar-refractivity contribution in [1.29, 1.82) is 0 Å². The van der Waals surface area contributed by atoms with Crippen LogP contribution >= 0.6 is 0 Å². The molecular formula is C17H27NO3. The van der Waals surface area contributed by atoms with Crippen LogP contribution < -0.4 is 10.1 Å². The first kappa shape index (κ1) is 17.5. The first-order valence-corrected chi connectivity index (χ1v) is 7.57. The Bertz CT molecular complexity index is 455. The Labute approximate surface area is 127 Å². The van der Waals surface area contributed by atoms with E-state index in [1.54, 1.807) is 7.11 Å². The molecule has 0 radical (unpaired) electrons. The number of amides is 1. The van der Waals surface area contributed by atoms with Crippen LogP contribution in [0.25, 0.3) is 0 Å². The normalized spacial score (nSPS) is 12.8. The van der Waals surface area contributed by atoms with E-state index in [4.69, 9.17) is 4.74 Å². The van der Waals surface area contributed by atoms with Crippen molar-refractivity contribution >= 4 is 5.91 Å². The van der Waals surface area contributed by atoms with Gasteiger partial charge < -0.3 is 15.2 Å². The summed E-state index contributed by atoms with van der Waals surface area (Å²) in [7, 11) is 1.63. The van der Waals surface area contributed by atoms with E-state index in [1.165, 1.54) is 0 Å². The number of carbonyl (C=O) groups excluding carboxylic acids is 1. The highest BCUT2D eigenvalue weighted by atomic mass is 16.5. The molecule has 0 saturated carbocycles. The molecule has 4 nitrogen and oxygen atoms in total. The van der Waals surface area contributed by atoms with Crippen molar-refractivity contribution in [2.45, 2.75) is 51.6 Å². The second-order valence-corrected chi connectivity index (χ2v) is 5.56. The number of carbonyl (C=O) groups is 1. The van der Waals surface area contributed by atoms with Gasteiger partial charge in [0.1, 0.15) is 5.75 Å². The number of methoxy groups -OCH3 is 1. The maximum Gasteiger partial charge on any atom is 0.220 e. The summed E-state index contributed by atoms with van der Waals surface area (Å²) in [6.07, 6.45) is 1.64. The first-order valence-electron chi connectivity index (χ1n) is 7.57. The van der Waals surface area contributed by atoms with Gasteiger partial charge >= 0.3 is 0 Å². The van der Waals surface area contributed by atoms with Crippen LogP contribution in [0.1, 0.15) is 51.5 Å². The van der Waals surface area contributed by atoms with E-state index >= 15 is 0 Å². The van der Waals surface area contributed by atoms with Gasteiger partial charge in [0.25, 0.3) is 0 Å². The van der Waals surface area contributed by atoms with Gasteiger partial charge in [0.15, 0.2) is 0 Å². The molecule has 118 valence electrons. The Kier molecular flexibility index (Phi) is 6.69. The molecule has 0 bridgehead atoms. The van der Waals surface area contributed by atoms with E-state index in [9.17, 15) is 9.90 Å². The van der Waals surface area contributed by atoms with E-state index in [-0.39, 0.29) is 11.8 Å². The number of para-hydroxylation sites is 1. The van der Waals surface area contributed by atoms with Crippen LogP contribution in [0.2, 0.25) is 0 Å². The van der Waals surface area contributed by atoms with Crippen molar-refractivity contribution in [3.8, 4) is 5.75 Å². The lowest BCUT2D eigenvalue weighted by Crippen LogP contribution is -2.42. The van der Waals surface area contributed by atoms with Crippen molar-refractivity contribution < 1.29 is 14.6 Å². The number of hydrogen-bond acceptors (Lipinski definition) is 3. The van der Waals surface area contributed by atoms with Crippen LogP contribution in [0.5, 0.6) is 5.75 Å². The van der Waals surface area contributed by atoms with E-state index < -0.39 is 5.60 Å². The van der Waals surface area contributed by atoms with Gasteiger partial charge in [-0.05, 0) is 30.4 Å². The minimum atomic E-state index is -0.802. The summed E-state index contributed by atoms with van der Waals surface area (Å²) in [6, 6.07) is 7.73. The topological polar surface area (TPSA) is 58.6 Å². The van der Waals surface area contributed by atoms with Crippen molar-refractivity contribution in [2.75, 3.05) is 13.7 Å². The molecular weight excluding hydrogens is 266 g/mol. The average molecular weight is 293 g/mol. The Morgan fingerprint density at radius 3 is 2.52 bits per heavy atom. The minimum Gasteiger partial charge on any atom is -0.496 e. The van der Waals surface area contributed by atoms with Gasteiger partial charge in [0, 0.05) is 13.0 Å². The van der Waals surface area contributed by atoms with Gasteiger partial charge in [-0.2, -0.15) is 0 Å². The Morgan fingerprint density at radius 2 is 1.95 bits per heavy atom. The molecule has 1 aromatic rings. The summed E-state index contributed by atoms with van der Waals surface area (Å²) in [5.74, 6) is 0.822. The van der Waals surface area contributed by atoms with Crippen LogP contribution in [0.3, 0.4) is 0 Å². The summed E-state index contributed by atoms with van der Waals surface area (Å²) in [6.45, 7) is 6.15. The van der Waals surface area contributed by atoms with Crippen LogP contribution in [0.4, 0.5) is 0 Å². The van der Waals surface area contributed by atoms with Crippen molar-refractivity contribution in [3.63, 3.8) is 0 Å². The molecule has 0 saturated heterocycles. The van der Waals surface area contributed by atoms with Crippen molar-refractivity contribution in [3.05, 3.63) is 29.8 Å². The Balaban J connectivity index is 2.58. The van der Waals surface area contributed by atoms with Crippen LogP contribution in [-0.4, -0.2) is 30.3 Å². The van der Waals surface area contributed by atoms with E-state index in [1.807, 2.05) is 45.0 Å². The summed E-state index contributed by atoms with van der Waals surface area (Å²) in [5.41, 5.74) is 0.222. The van der Waals surface area contributed by atoms with Gasteiger partial charge in [0.05, 0.1) is 12.7 Å². The van der Waals surface area contributed by atoms with Gasteiger partial charge in [-0.1, -0.05) is 39.0 Å². The fourth-order valence-electron chi connectivity index (χ4n) is 2.30. The number of hydrogen-bond donors (Lipinski definition) is 2. The van der Waals surface area contributed by atoms with Gasteiger partial charge in [-0.3, -0.25) is 4.79 Å². The van der Waals surface area contributed by atoms with E-state index in [0.29, 0.717) is 25.8 Å². The molecule has 0 aliphatic heterocycles. The molecule has 1 unspecified atom stereocenters. The predicted molar refractivity (Wildman–Crippen MR) is 84.6 cm³/mol. The lowest BCUT2D eigenvalue weighted by atomic mass is 9.95. The Morgan fingerprint density at radius 1 is 1.33 bits per heavy atom. The quantitative estimate of drug-likeness (QED) is 0.775. The summed E-state index contributed by atoms with van der Waals surface area (Å²) >= 11 is 0. The smallest absolute Gasteiger partial charge is 0.220 e. The highest BCUT2D eigenvalue weighted by Gasteiger charge is 2.23. The Hall–Kier alpha value is -1.55. The lowest BCUT2D eigenvalue weighted by Gasteiger charge is -2.25. The second kappa shape index (κ2) is 8.03. The third-order valence-corrected chi connectivity index (χ3v) is 4.09. The monoisotopic (exact) mass is 293 g/mol. The zero-order valence-corrected chi connectivity index (χ0v) is 13.5. The molecule has 0 fully saturated rings. The van der Waals surface area contributed by atoms with Gasteiger partial charge in [-0.25, -0.2) is 0 Å². The van der Waals surface area contributed by atoms with Crippen LogP contribution in [0.15, 0.2) is 24.3 Å². The summed E-state index contributed by atoms with van der Waals surface area (Å²) in [4.78, 5) is 12.0.